The van der Waals surface area contributed by atoms with Crippen LogP contribution >= 0.6 is 15.9 Å². The lowest BCUT2D eigenvalue weighted by Crippen LogP contribution is -2.28. The van der Waals surface area contributed by atoms with Gasteiger partial charge in [0.1, 0.15) is 5.76 Å². The van der Waals surface area contributed by atoms with Crippen molar-refractivity contribution in [3.8, 4) is 0 Å². The Morgan fingerprint density at radius 2 is 2.12 bits per heavy atom. The van der Waals surface area contributed by atoms with Gasteiger partial charge in [0.15, 0.2) is 0 Å². The van der Waals surface area contributed by atoms with Gasteiger partial charge in [-0.2, -0.15) is 8.42 Å². The lowest BCUT2D eigenvalue weighted by atomic mass is 9.74. The number of hydrogen-bond acceptors (Lipinski definition) is 4. The standard InChI is InChI=1S/C18H22BrNO.CH4O3S/c1-20-12-14(11-16-5-3-9-21-16)17-6-2-4-13-10-15(19)7-8-18(13)17;1-5(2,3)4/h3,5,7-10,14,17,20H,2,4,6,11-12H2,1H3;1H3,(H,2,3,4). The third-order valence-corrected chi connectivity index (χ3v) is 5.04. The minimum atomic E-state index is -3.67. The van der Waals surface area contributed by atoms with Crippen molar-refractivity contribution in [2.24, 2.45) is 5.92 Å². The molecule has 2 aromatic rings. The van der Waals surface area contributed by atoms with Gasteiger partial charge in [-0.3, -0.25) is 4.55 Å². The van der Waals surface area contributed by atoms with Gasteiger partial charge in [-0.1, -0.05) is 22.0 Å². The average molecular weight is 444 g/mol. The van der Waals surface area contributed by atoms with Crippen LogP contribution in [0.3, 0.4) is 0 Å². The fourth-order valence-corrected chi connectivity index (χ4v) is 4.02. The molecule has 0 aliphatic heterocycles. The molecule has 0 bridgehead atoms. The SMILES string of the molecule is CNCC(Cc1ccco1)C1CCCc2cc(Br)ccc21.CS(=O)(=O)O. The molecule has 144 valence electrons. The van der Waals surface area contributed by atoms with Gasteiger partial charge < -0.3 is 9.73 Å². The summed E-state index contributed by atoms with van der Waals surface area (Å²) in [5.41, 5.74) is 3.05. The minimum Gasteiger partial charge on any atom is -0.469 e. The molecular weight excluding hydrogens is 418 g/mol. The van der Waals surface area contributed by atoms with E-state index in [4.69, 9.17) is 8.97 Å². The average Bonchev–Trinajstić information content (AvgIpc) is 3.05. The highest BCUT2D eigenvalue weighted by Gasteiger charge is 2.28. The van der Waals surface area contributed by atoms with Crippen LogP contribution in [0.2, 0.25) is 0 Å². The predicted molar refractivity (Wildman–Crippen MR) is 107 cm³/mol. The number of benzene rings is 1. The summed E-state index contributed by atoms with van der Waals surface area (Å²) >= 11 is 3.60. The number of nitrogens with one attached hydrogen (secondary N) is 1. The molecule has 0 saturated carbocycles. The molecule has 1 aromatic carbocycles. The molecule has 5 nitrogen and oxygen atoms in total. The highest BCUT2D eigenvalue weighted by Crippen LogP contribution is 2.39. The number of aryl methyl sites for hydroxylation is 1. The van der Waals surface area contributed by atoms with E-state index in [-0.39, 0.29) is 0 Å². The van der Waals surface area contributed by atoms with Crippen LogP contribution in [-0.4, -0.2) is 32.8 Å². The number of halogens is 1. The maximum absolute atomic E-state index is 9.19. The topological polar surface area (TPSA) is 79.5 Å². The van der Waals surface area contributed by atoms with Gasteiger partial charge in [0.2, 0.25) is 0 Å². The third-order valence-electron chi connectivity index (χ3n) is 4.54. The van der Waals surface area contributed by atoms with E-state index in [1.807, 2.05) is 13.1 Å². The highest BCUT2D eigenvalue weighted by molar-refractivity contribution is 9.10. The monoisotopic (exact) mass is 443 g/mol. The lowest BCUT2D eigenvalue weighted by molar-refractivity contribution is 0.341. The van der Waals surface area contributed by atoms with Gasteiger partial charge in [0.25, 0.3) is 10.1 Å². The van der Waals surface area contributed by atoms with Crippen molar-refractivity contribution in [3.63, 3.8) is 0 Å². The van der Waals surface area contributed by atoms with E-state index in [0.717, 1.165) is 18.7 Å². The van der Waals surface area contributed by atoms with Crippen LogP contribution in [0.5, 0.6) is 0 Å². The molecule has 1 aliphatic carbocycles. The summed E-state index contributed by atoms with van der Waals surface area (Å²) in [6.07, 6.45) is 7.27. The smallest absolute Gasteiger partial charge is 0.261 e. The molecule has 1 aromatic heterocycles. The van der Waals surface area contributed by atoms with Crippen molar-refractivity contribution in [2.75, 3.05) is 19.8 Å². The van der Waals surface area contributed by atoms with Crippen molar-refractivity contribution in [3.05, 3.63) is 58.0 Å². The van der Waals surface area contributed by atoms with E-state index in [1.165, 1.54) is 34.9 Å². The minimum absolute atomic E-state index is 0.585. The van der Waals surface area contributed by atoms with E-state index < -0.39 is 10.1 Å². The van der Waals surface area contributed by atoms with Gasteiger partial charge in [0, 0.05) is 10.9 Å². The van der Waals surface area contributed by atoms with Crippen molar-refractivity contribution < 1.29 is 17.4 Å². The Hall–Kier alpha value is -1.15. The van der Waals surface area contributed by atoms with E-state index in [2.05, 4.69) is 45.5 Å². The molecule has 0 spiro atoms. The summed E-state index contributed by atoms with van der Waals surface area (Å²) < 4.78 is 32.6. The van der Waals surface area contributed by atoms with Crippen molar-refractivity contribution in [1.29, 1.82) is 0 Å². The number of furan rings is 1. The van der Waals surface area contributed by atoms with Crippen molar-refractivity contribution >= 4 is 26.0 Å². The summed E-state index contributed by atoms with van der Waals surface area (Å²) in [5.74, 6) is 2.31. The summed E-state index contributed by atoms with van der Waals surface area (Å²) in [4.78, 5) is 0. The van der Waals surface area contributed by atoms with Gasteiger partial charge in [0.05, 0.1) is 12.5 Å². The molecule has 7 heteroatoms. The second kappa shape index (κ2) is 9.69. The Balaban J connectivity index is 0.000000431. The second-order valence-electron chi connectivity index (χ2n) is 6.68. The fourth-order valence-electron chi connectivity index (χ4n) is 3.62. The highest BCUT2D eigenvalue weighted by atomic mass is 79.9. The third kappa shape index (κ3) is 6.87. The molecule has 2 N–H and O–H groups in total. The second-order valence-corrected chi connectivity index (χ2v) is 9.06. The summed E-state index contributed by atoms with van der Waals surface area (Å²) in [7, 11) is -1.62. The van der Waals surface area contributed by atoms with Crippen LogP contribution in [0.15, 0.2) is 45.5 Å². The van der Waals surface area contributed by atoms with Gasteiger partial charge in [-0.05, 0) is 80.1 Å². The predicted octanol–water partition coefficient (Wildman–Crippen LogP) is 4.04. The van der Waals surface area contributed by atoms with Crippen molar-refractivity contribution in [2.45, 2.75) is 31.6 Å². The van der Waals surface area contributed by atoms with Crippen LogP contribution < -0.4 is 5.32 Å². The summed E-state index contributed by atoms with van der Waals surface area (Å²) in [5, 5.41) is 3.37. The molecule has 0 fully saturated rings. The van der Waals surface area contributed by atoms with Gasteiger partial charge in [-0.25, -0.2) is 0 Å². The zero-order chi connectivity index (χ0) is 19.2. The molecule has 2 unspecified atom stereocenters. The Labute approximate surface area is 164 Å². The zero-order valence-electron chi connectivity index (χ0n) is 15.1. The van der Waals surface area contributed by atoms with Crippen LogP contribution in [0.1, 0.15) is 35.6 Å². The molecule has 1 heterocycles. The molecule has 1 aliphatic rings. The van der Waals surface area contributed by atoms with Crippen LogP contribution in [0.4, 0.5) is 0 Å². The molecule has 2 atom stereocenters. The van der Waals surface area contributed by atoms with E-state index in [0.29, 0.717) is 18.1 Å². The largest absolute Gasteiger partial charge is 0.469 e. The number of fused-ring (bicyclic) bond motifs is 1. The molecular formula is C19H26BrNO4S. The molecule has 0 saturated heterocycles. The Bertz CT molecular complexity index is 782. The zero-order valence-corrected chi connectivity index (χ0v) is 17.5. The maximum Gasteiger partial charge on any atom is 0.261 e. The molecule has 0 radical (unpaired) electrons. The van der Waals surface area contributed by atoms with E-state index in [1.54, 1.807) is 6.26 Å². The van der Waals surface area contributed by atoms with Gasteiger partial charge >= 0.3 is 0 Å². The Morgan fingerprint density at radius 3 is 2.73 bits per heavy atom. The molecule has 26 heavy (non-hydrogen) atoms. The first kappa shape index (κ1) is 21.2. The van der Waals surface area contributed by atoms with Crippen LogP contribution in [0, 0.1) is 5.92 Å². The first-order chi connectivity index (χ1) is 12.3. The lowest BCUT2D eigenvalue weighted by Gasteiger charge is -2.32. The number of rotatable bonds is 5. The summed E-state index contributed by atoms with van der Waals surface area (Å²) in [6.45, 7) is 1.03. The van der Waals surface area contributed by atoms with Crippen LogP contribution in [-0.2, 0) is 23.0 Å². The van der Waals surface area contributed by atoms with E-state index in [9.17, 15) is 8.42 Å². The quantitative estimate of drug-likeness (QED) is 0.681. The van der Waals surface area contributed by atoms with E-state index >= 15 is 0 Å². The Kier molecular flexibility index (Phi) is 7.88. The molecule has 3 rings (SSSR count). The first-order valence-electron chi connectivity index (χ1n) is 8.65. The summed E-state index contributed by atoms with van der Waals surface area (Å²) in [6, 6.07) is 10.9. The molecule has 0 amide bonds. The normalized spacial score (nSPS) is 17.8. The van der Waals surface area contributed by atoms with Crippen LogP contribution in [0.25, 0.3) is 0 Å². The fraction of sp³-hybridized carbons (Fsp3) is 0.474. The number of hydrogen-bond donors (Lipinski definition) is 2. The Morgan fingerprint density at radius 1 is 1.38 bits per heavy atom. The van der Waals surface area contributed by atoms with Gasteiger partial charge in [-0.15, -0.1) is 0 Å². The maximum atomic E-state index is 9.19. The first-order valence-corrected chi connectivity index (χ1v) is 11.3. The van der Waals surface area contributed by atoms with Crippen molar-refractivity contribution in [1.82, 2.24) is 5.32 Å².